The van der Waals surface area contributed by atoms with E-state index in [9.17, 15) is 18.0 Å². The van der Waals surface area contributed by atoms with Crippen LogP contribution in [0.2, 0.25) is 0 Å². The second kappa shape index (κ2) is 7.97. The van der Waals surface area contributed by atoms with Crippen LogP contribution >= 0.6 is 0 Å². The van der Waals surface area contributed by atoms with Gasteiger partial charge in [-0.15, -0.1) is 0 Å². The minimum atomic E-state index is -4.51. The summed E-state index contributed by atoms with van der Waals surface area (Å²) in [4.78, 5) is 16.0. The van der Waals surface area contributed by atoms with Crippen molar-refractivity contribution in [1.29, 1.82) is 0 Å². The minimum Gasteiger partial charge on any atom is -0.382 e. The molecule has 9 heteroatoms. The number of benzene rings is 1. The lowest BCUT2D eigenvalue weighted by atomic mass is 9.90. The number of carbonyl (C=O) groups excluding carboxylic acids is 1. The number of aromatic nitrogens is 2. The van der Waals surface area contributed by atoms with E-state index < -0.39 is 11.9 Å². The van der Waals surface area contributed by atoms with Crippen molar-refractivity contribution in [3.05, 3.63) is 53.5 Å². The molecule has 3 aromatic rings. The van der Waals surface area contributed by atoms with Crippen LogP contribution in [-0.4, -0.2) is 28.1 Å². The zero-order chi connectivity index (χ0) is 21.3. The maximum absolute atomic E-state index is 13.2. The summed E-state index contributed by atoms with van der Waals surface area (Å²) in [7, 11) is 0. The van der Waals surface area contributed by atoms with Crippen LogP contribution in [0.4, 0.5) is 18.9 Å². The summed E-state index contributed by atoms with van der Waals surface area (Å²) < 4.78 is 44.7. The first kappa shape index (κ1) is 20.2. The molecule has 30 heavy (non-hydrogen) atoms. The van der Waals surface area contributed by atoms with Crippen LogP contribution in [0.5, 0.6) is 0 Å². The van der Waals surface area contributed by atoms with Crippen LogP contribution in [0.3, 0.4) is 0 Å². The third kappa shape index (κ3) is 4.24. The van der Waals surface area contributed by atoms with Gasteiger partial charge in [0.25, 0.3) is 5.91 Å². The van der Waals surface area contributed by atoms with Gasteiger partial charge in [-0.05, 0) is 44.7 Å². The number of halogens is 3. The second-order valence-electron chi connectivity index (χ2n) is 7.57. The molecule has 4 rings (SSSR count). The summed E-state index contributed by atoms with van der Waals surface area (Å²) in [6, 6.07) is 7.86. The number of pyridine rings is 1. The maximum Gasteiger partial charge on any atom is 0.433 e. The fourth-order valence-electron chi connectivity index (χ4n) is 3.80. The quantitative estimate of drug-likeness (QED) is 0.642. The van der Waals surface area contributed by atoms with E-state index >= 15 is 0 Å². The first-order valence-corrected chi connectivity index (χ1v) is 9.77. The zero-order valence-corrected chi connectivity index (χ0v) is 16.3. The number of rotatable bonds is 4. The average molecular weight is 418 g/mol. The number of anilines is 1. The van der Waals surface area contributed by atoms with Crippen molar-refractivity contribution in [3.8, 4) is 0 Å². The highest BCUT2D eigenvalue weighted by atomic mass is 19.4. The molecule has 1 amide bonds. The summed E-state index contributed by atoms with van der Waals surface area (Å²) in [5, 5.41) is 10.5. The number of hydrogen-bond donors (Lipinski definition) is 2. The lowest BCUT2D eigenvalue weighted by molar-refractivity contribution is -0.140. The van der Waals surface area contributed by atoms with E-state index in [-0.39, 0.29) is 23.8 Å². The number of nitrogens with zero attached hydrogens (tertiary/aromatic N) is 2. The zero-order valence-electron chi connectivity index (χ0n) is 16.3. The van der Waals surface area contributed by atoms with E-state index in [1.807, 2.05) is 0 Å². The molecule has 1 saturated carbocycles. The molecule has 0 bridgehead atoms. The Bertz CT molecular complexity index is 1060. The normalized spacial score (nSPS) is 19.6. The topological polar surface area (TPSA) is 80.0 Å². The van der Waals surface area contributed by atoms with Crippen LogP contribution < -0.4 is 10.6 Å². The van der Waals surface area contributed by atoms with E-state index in [0.717, 1.165) is 18.9 Å². The largest absolute Gasteiger partial charge is 0.433 e. The number of hydrogen-bond acceptors (Lipinski definition) is 5. The van der Waals surface area contributed by atoms with Gasteiger partial charge in [0.1, 0.15) is 5.69 Å². The third-order valence-electron chi connectivity index (χ3n) is 5.38. The number of para-hydroxylation sites is 1. The van der Waals surface area contributed by atoms with Crippen molar-refractivity contribution < 1.29 is 22.5 Å². The van der Waals surface area contributed by atoms with E-state index in [1.54, 1.807) is 31.2 Å². The molecule has 1 aliphatic rings. The Hall–Kier alpha value is -3.10. The van der Waals surface area contributed by atoms with Gasteiger partial charge in [-0.2, -0.15) is 13.2 Å². The van der Waals surface area contributed by atoms with Gasteiger partial charge in [0.15, 0.2) is 0 Å². The number of amides is 1. The van der Waals surface area contributed by atoms with Crippen LogP contribution in [0.1, 0.15) is 47.5 Å². The SMILES string of the molecule is Cc1cnoc1C(=O)NC1CCC(Nc2cc(C(F)(F)F)nc3ccccc23)CC1. The molecule has 1 aliphatic carbocycles. The number of carbonyl (C=O) groups is 1. The van der Waals surface area contributed by atoms with Crippen molar-refractivity contribution in [2.24, 2.45) is 0 Å². The molecule has 1 aromatic carbocycles. The van der Waals surface area contributed by atoms with Crippen LogP contribution in [0.15, 0.2) is 41.1 Å². The fourth-order valence-corrected chi connectivity index (χ4v) is 3.80. The van der Waals surface area contributed by atoms with Gasteiger partial charge < -0.3 is 15.2 Å². The van der Waals surface area contributed by atoms with Gasteiger partial charge >= 0.3 is 6.18 Å². The van der Waals surface area contributed by atoms with Gasteiger partial charge in [-0.25, -0.2) is 4.98 Å². The molecule has 2 heterocycles. The monoisotopic (exact) mass is 418 g/mol. The molecule has 1 fully saturated rings. The highest BCUT2D eigenvalue weighted by Gasteiger charge is 2.34. The smallest absolute Gasteiger partial charge is 0.382 e. The molecule has 2 aromatic heterocycles. The van der Waals surface area contributed by atoms with Crippen LogP contribution in [-0.2, 0) is 6.18 Å². The molecule has 0 atom stereocenters. The standard InChI is InChI=1S/C21H21F3N4O2/c1-12-11-25-30-19(12)20(29)27-14-8-6-13(7-9-14)26-17-10-18(21(22,23)24)28-16-5-3-2-4-15(16)17/h2-5,10-11,13-14H,6-9H2,1H3,(H,26,28)(H,27,29). The van der Waals surface area contributed by atoms with Crippen molar-refractivity contribution in [1.82, 2.24) is 15.5 Å². The lowest BCUT2D eigenvalue weighted by Crippen LogP contribution is -2.40. The highest BCUT2D eigenvalue weighted by Crippen LogP contribution is 2.34. The van der Waals surface area contributed by atoms with E-state index in [4.69, 9.17) is 4.52 Å². The Labute approximate surface area is 170 Å². The second-order valence-corrected chi connectivity index (χ2v) is 7.57. The number of nitrogens with one attached hydrogen (secondary N) is 2. The Morgan fingerprint density at radius 3 is 2.50 bits per heavy atom. The molecular formula is C21H21F3N4O2. The Morgan fingerprint density at radius 2 is 1.83 bits per heavy atom. The molecular weight excluding hydrogens is 397 g/mol. The molecule has 158 valence electrons. The summed E-state index contributed by atoms with van der Waals surface area (Å²) >= 11 is 0. The Kier molecular flexibility index (Phi) is 5.36. The first-order chi connectivity index (χ1) is 14.3. The van der Waals surface area contributed by atoms with Gasteiger partial charge in [0.2, 0.25) is 5.76 Å². The van der Waals surface area contributed by atoms with Gasteiger partial charge in [-0.1, -0.05) is 23.4 Å². The van der Waals surface area contributed by atoms with Crippen molar-refractivity contribution in [3.63, 3.8) is 0 Å². The van der Waals surface area contributed by atoms with Crippen LogP contribution in [0, 0.1) is 6.92 Å². The minimum absolute atomic E-state index is 0.0112. The van der Waals surface area contributed by atoms with E-state index in [1.165, 1.54) is 6.20 Å². The predicted octanol–water partition coefficient (Wildman–Crippen LogP) is 4.70. The Morgan fingerprint density at radius 1 is 1.13 bits per heavy atom. The summed E-state index contributed by atoms with van der Waals surface area (Å²) in [5.74, 6) is -0.0884. The summed E-state index contributed by atoms with van der Waals surface area (Å²) in [5.41, 5.74) is 0.496. The molecule has 0 saturated heterocycles. The van der Waals surface area contributed by atoms with Crippen molar-refractivity contribution in [2.75, 3.05) is 5.32 Å². The van der Waals surface area contributed by atoms with E-state index in [2.05, 4.69) is 20.8 Å². The summed E-state index contributed by atoms with van der Waals surface area (Å²) in [6.45, 7) is 1.75. The molecule has 0 spiro atoms. The predicted molar refractivity (Wildman–Crippen MR) is 105 cm³/mol. The third-order valence-corrected chi connectivity index (χ3v) is 5.38. The molecule has 0 unspecified atom stereocenters. The van der Waals surface area contributed by atoms with Gasteiger partial charge in [0, 0.05) is 28.7 Å². The molecule has 6 nitrogen and oxygen atoms in total. The highest BCUT2D eigenvalue weighted by molar-refractivity contribution is 5.93. The Balaban J connectivity index is 1.43. The number of alkyl halides is 3. The summed E-state index contributed by atoms with van der Waals surface area (Å²) in [6.07, 6.45) is -0.153. The van der Waals surface area contributed by atoms with Crippen LogP contribution in [0.25, 0.3) is 10.9 Å². The van der Waals surface area contributed by atoms with Crippen molar-refractivity contribution in [2.45, 2.75) is 50.9 Å². The molecule has 0 radical (unpaired) electrons. The number of fused-ring (bicyclic) bond motifs is 1. The lowest BCUT2D eigenvalue weighted by Gasteiger charge is -2.30. The fraction of sp³-hybridized carbons (Fsp3) is 0.381. The van der Waals surface area contributed by atoms with Gasteiger partial charge in [0.05, 0.1) is 11.7 Å². The maximum atomic E-state index is 13.2. The van der Waals surface area contributed by atoms with Crippen molar-refractivity contribution >= 4 is 22.5 Å². The number of aryl methyl sites for hydroxylation is 1. The first-order valence-electron chi connectivity index (χ1n) is 9.77. The average Bonchev–Trinajstić information content (AvgIpc) is 3.15. The molecule has 0 aliphatic heterocycles. The van der Waals surface area contributed by atoms with Gasteiger partial charge in [-0.3, -0.25) is 4.79 Å². The van der Waals surface area contributed by atoms with E-state index in [0.29, 0.717) is 35.0 Å². The molecule has 2 N–H and O–H groups in total.